The zero-order valence-corrected chi connectivity index (χ0v) is 29.3. The Morgan fingerprint density at radius 2 is 1.56 bits per heavy atom. The highest BCUT2D eigenvalue weighted by atomic mass is 79.9. The highest BCUT2D eigenvalue weighted by molar-refractivity contribution is 9.12. The molecule has 10 heteroatoms. The van der Waals surface area contributed by atoms with Crippen LogP contribution < -0.4 is 4.90 Å². The average Bonchev–Trinajstić information content (AvgIpc) is 3.28. The van der Waals surface area contributed by atoms with E-state index in [9.17, 15) is 19.2 Å². The van der Waals surface area contributed by atoms with Gasteiger partial charge in [0.1, 0.15) is 0 Å². The van der Waals surface area contributed by atoms with Crippen molar-refractivity contribution in [3.63, 3.8) is 0 Å². The van der Waals surface area contributed by atoms with Crippen LogP contribution in [-0.2, 0) is 20.7 Å². The molecule has 4 aromatic rings. The molecule has 1 aliphatic heterocycles. The molecule has 0 bridgehead atoms. The summed E-state index contributed by atoms with van der Waals surface area (Å²) in [6.45, 7) is 3.58. The number of anilines is 1. The van der Waals surface area contributed by atoms with E-state index in [1.54, 1.807) is 61.5 Å². The predicted octanol–water partition coefficient (Wildman–Crippen LogP) is 8.08. The number of esters is 1. The van der Waals surface area contributed by atoms with Crippen LogP contribution in [0.3, 0.4) is 0 Å². The first-order valence-corrected chi connectivity index (χ1v) is 17.4. The van der Waals surface area contributed by atoms with Crippen molar-refractivity contribution in [1.29, 1.82) is 0 Å². The van der Waals surface area contributed by atoms with Crippen LogP contribution in [0.2, 0.25) is 0 Å². The van der Waals surface area contributed by atoms with Gasteiger partial charge in [-0.05, 0) is 62.1 Å². The lowest BCUT2D eigenvalue weighted by Crippen LogP contribution is -2.34. The van der Waals surface area contributed by atoms with E-state index in [-0.39, 0.29) is 44.7 Å². The smallest absolute Gasteiger partial charge is 0.339 e. The van der Waals surface area contributed by atoms with Crippen LogP contribution >= 0.6 is 47.8 Å². The number of fused-ring (bicyclic) bond motifs is 2. The fraction of sp³-hybridized carbons (Fsp3) is 0.286. The number of benzene rings is 3. The number of rotatable bonds is 7. The molecule has 2 fully saturated rings. The fourth-order valence-corrected chi connectivity index (χ4v) is 7.93. The number of hydrogen-bond donors (Lipinski definition) is 0. The van der Waals surface area contributed by atoms with Crippen molar-refractivity contribution in [1.82, 2.24) is 4.98 Å². The number of carbonyl (C=O) groups is 4. The number of aromatic nitrogens is 1. The summed E-state index contributed by atoms with van der Waals surface area (Å²) >= 11 is 10.8. The van der Waals surface area contributed by atoms with Gasteiger partial charge >= 0.3 is 5.97 Å². The first-order valence-electron chi connectivity index (χ1n) is 14.8. The number of Topliss-reactive ketones (excluding diaryl/α,β-unsaturated/α-hetero) is 1. The number of pyridine rings is 1. The van der Waals surface area contributed by atoms with Crippen LogP contribution in [0.4, 0.5) is 5.69 Å². The van der Waals surface area contributed by atoms with Crippen LogP contribution in [0, 0.1) is 11.8 Å². The van der Waals surface area contributed by atoms with E-state index in [1.807, 2.05) is 25.1 Å². The highest BCUT2D eigenvalue weighted by Crippen LogP contribution is 2.44. The molecule has 1 saturated carbocycles. The maximum Gasteiger partial charge on any atom is 0.339 e. The van der Waals surface area contributed by atoms with Gasteiger partial charge in [0.05, 0.1) is 34.3 Å². The van der Waals surface area contributed by atoms with Gasteiger partial charge in [0.15, 0.2) is 6.10 Å². The lowest BCUT2D eigenvalue weighted by atomic mass is 9.81. The summed E-state index contributed by atoms with van der Waals surface area (Å²) in [5.41, 5.74) is 4.06. The molecule has 5 unspecified atom stereocenters. The summed E-state index contributed by atoms with van der Waals surface area (Å²) in [5.74, 6) is -1.95. The molecule has 1 saturated heterocycles. The highest BCUT2D eigenvalue weighted by Gasteiger charge is 2.52. The molecule has 6 rings (SSSR count). The summed E-state index contributed by atoms with van der Waals surface area (Å²) < 4.78 is 6.51. The van der Waals surface area contributed by atoms with E-state index < -0.39 is 12.1 Å². The Kier molecular flexibility index (Phi) is 9.10. The van der Waals surface area contributed by atoms with Crippen LogP contribution in [-0.4, -0.2) is 44.3 Å². The van der Waals surface area contributed by atoms with Crippen molar-refractivity contribution in [2.75, 3.05) is 4.90 Å². The maximum absolute atomic E-state index is 13.7. The van der Waals surface area contributed by atoms with Crippen molar-refractivity contribution in [3.8, 4) is 11.3 Å². The van der Waals surface area contributed by atoms with Gasteiger partial charge in [-0.15, -0.1) is 0 Å². The number of amides is 2. The van der Waals surface area contributed by atoms with E-state index in [1.165, 1.54) is 4.90 Å². The Labute approximate surface area is 286 Å². The monoisotopic (exact) mass is 794 g/mol. The molecular formula is C35H29Br3N2O5. The Morgan fingerprint density at radius 1 is 0.933 bits per heavy atom. The lowest BCUT2D eigenvalue weighted by molar-refractivity contribution is -0.122. The number of nitrogens with zero attached hydrogens (tertiary/aromatic N) is 2. The minimum absolute atomic E-state index is 0.130. The number of alkyl halides is 2. The number of halogens is 3. The van der Waals surface area contributed by atoms with Crippen LogP contribution in [0.25, 0.3) is 22.2 Å². The molecule has 7 nitrogen and oxygen atoms in total. The van der Waals surface area contributed by atoms with Gasteiger partial charge in [-0.2, -0.15) is 0 Å². The summed E-state index contributed by atoms with van der Waals surface area (Å²) in [5, 5.41) is 0.608. The van der Waals surface area contributed by atoms with E-state index in [2.05, 4.69) is 47.8 Å². The standard InChI is InChI=1S/C35H29Br3N2O5/c1-3-19-13-22(36)14-24-27(35(44)45-18(2)32(41)21-7-5-4-6-8-21)17-30(39-31(19)24)20-9-11-23(12-10-20)40-33(42)25-15-28(37)29(38)16-26(25)34(40)43/h4-14,17-18,25-26,28-29H,3,15-16H2,1-2H3. The van der Waals surface area contributed by atoms with Gasteiger partial charge in [-0.3, -0.25) is 19.3 Å². The van der Waals surface area contributed by atoms with Crippen LogP contribution in [0.1, 0.15) is 53.0 Å². The molecule has 2 heterocycles. The van der Waals surface area contributed by atoms with Gasteiger partial charge in [0, 0.05) is 30.6 Å². The van der Waals surface area contributed by atoms with E-state index in [4.69, 9.17) is 9.72 Å². The Balaban J connectivity index is 1.34. The van der Waals surface area contributed by atoms with Crippen molar-refractivity contribution in [2.45, 2.75) is 48.9 Å². The van der Waals surface area contributed by atoms with Gasteiger partial charge < -0.3 is 4.74 Å². The van der Waals surface area contributed by atoms with Crippen molar-refractivity contribution >= 4 is 87.9 Å². The topological polar surface area (TPSA) is 93.6 Å². The number of ether oxygens (including phenoxy) is 1. The van der Waals surface area contributed by atoms with Gasteiger partial charge in [0.25, 0.3) is 0 Å². The second-order valence-electron chi connectivity index (χ2n) is 11.4. The second kappa shape index (κ2) is 12.9. The molecule has 0 radical (unpaired) electrons. The number of hydrogen-bond acceptors (Lipinski definition) is 6. The summed E-state index contributed by atoms with van der Waals surface area (Å²) in [4.78, 5) is 59.8. The van der Waals surface area contributed by atoms with Crippen molar-refractivity contribution in [2.24, 2.45) is 11.8 Å². The molecule has 1 aromatic heterocycles. The summed E-state index contributed by atoms with van der Waals surface area (Å²) in [7, 11) is 0. The van der Waals surface area contributed by atoms with Crippen LogP contribution in [0.15, 0.2) is 77.3 Å². The molecule has 5 atom stereocenters. The molecular weight excluding hydrogens is 768 g/mol. The van der Waals surface area contributed by atoms with Gasteiger partial charge in [0.2, 0.25) is 17.6 Å². The van der Waals surface area contributed by atoms with Gasteiger partial charge in [-0.1, -0.05) is 97.2 Å². The fourth-order valence-electron chi connectivity index (χ4n) is 6.19. The lowest BCUT2D eigenvalue weighted by Gasteiger charge is -2.29. The largest absolute Gasteiger partial charge is 0.451 e. The minimum atomic E-state index is -0.998. The van der Waals surface area contributed by atoms with E-state index in [0.717, 1.165) is 10.0 Å². The Hall–Kier alpha value is -3.21. The zero-order chi connectivity index (χ0) is 32.0. The number of carbonyl (C=O) groups excluding carboxylic acids is 4. The minimum Gasteiger partial charge on any atom is -0.451 e. The van der Waals surface area contributed by atoms with E-state index in [0.29, 0.717) is 52.7 Å². The molecule has 0 spiro atoms. The third-order valence-corrected chi connectivity index (χ3v) is 11.8. The van der Waals surface area contributed by atoms with Crippen molar-refractivity contribution < 1.29 is 23.9 Å². The predicted molar refractivity (Wildman–Crippen MR) is 184 cm³/mol. The first kappa shape index (κ1) is 31.8. The first-order chi connectivity index (χ1) is 21.6. The normalized spacial score (nSPS) is 21.9. The molecule has 230 valence electrons. The Morgan fingerprint density at radius 3 is 2.16 bits per heavy atom. The third-order valence-electron chi connectivity index (χ3n) is 8.60. The van der Waals surface area contributed by atoms with Crippen LogP contribution in [0.5, 0.6) is 0 Å². The molecule has 45 heavy (non-hydrogen) atoms. The molecule has 0 N–H and O–H groups in total. The number of imide groups is 1. The number of ketones is 1. The average molecular weight is 797 g/mol. The summed E-state index contributed by atoms with van der Waals surface area (Å²) in [6.07, 6.45) is 0.882. The van der Waals surface area contributed by atoms with Crippen molar-refractivity contribution in [3.05, 3.63) is 94.0 Å². The summed E-state index contributed by atoms with van der Waals surface area (Å²) in [6, 6.07) is 21.3. The molecule has 3 aromatic carbocycles. The molecule has 1 aliphatic carbocycles. The molecule has 2 amide bonds. The maximum atomic E-state index is 13.7. The second-order valence-corrected chi connectivity index (χ2v) is 14.7. The Bertz CT molecular complexity index is 1800. The van der Waals surface area contributed by atoms with E-state index >= 15 is 0 Å². The third kappa shape index (κ3) is 6.04. The SMILES string of the molecule is CCc1cc(Br)cc2c(C(=O)OC(C)C(=O)c3ccccc3)cc(-c3ccc(N4C(=O)C5CC(Br)C(Br)CC5C4=O)cc3)nc12. The zero-order valence-electron chi connectivity index (χ0n) is 24.5. The van der Waals surface area contributed by atoms with Gasteiger partial charge in [-0.25, -0.2) is 9.78 Å². The number of aryl methyl sites for hydroxylation is 1. The quantitative estimate of drug-likeness (QED) is 0.0813. The molecule has 2 aliphatic rings.